The zero-order valence-corrected chi connectivity index (χ0v) is 10.7. The summed E-state index contributed by atoms with van der Waals surface area (Å²) >= 11 is 0. The predicted molar refractivity (Wildman–Crippen MR) is 71.1 cm³/mol. The van der Waals surface area contributed by atoms with Crippen molar-refractivity contribution >= 4 is 11.0 Å². The summed E-state index contributed by atoms with van der Waals surface area (Å²) in [6.07, 6.45) is 1.85. The van der Waals surface area contributed by atoms with Crippen LogP contribution in [-0.4, -0.2) is 31.6 Å². The Morgan fingerprint density at radius 3 is 2.82 bits per heavy atom. The Morgan fingerprint density at radius 2 is 2.06 bits per heavy atom. The Balaban J connectivity index is 1.95. The van der Waals surface area contributed by atoms with Crippen molar-refractivity contribution in [2.75, 3.05) is 20.6 Å². The molecule has 1 aromatic heterocycles. The second kappa shape index (κ2) is 5.34. The van der Waals surface area contributed by atoms with Gasteiger partial charge in [0.25, 0.3) is 0 Å². The Bertz CT molecular complexity index is 476. The fourth-order valence-electron chi connectivity index (χ4n) is 1.77. The van der Waals surface area contributed by atoms with Crippen molar-refractivity contribution in [1.82, 2.24) is 10.2 Å². The first-order valence-electron chi connectivity index (χ1n) is 6.00. The van der Waals surface area contributed by atoms with Gasteiger partial charge in [-0.25, -0.2) is 0 Å². The van der Waals surface area contributed by atoms with Gasteiger partial charge in [-0.05, 0) is 27.1 Å². The molecule has 0 amide bonds. The molecule has 92 valence electrons. The number of fused-ring (bicyclic) bond motifs is 1. The number of benzene rings is 1. The third kappa shape index (κ3) is 2.87. The van der Waals surface area contributed by atoms with E-state index in [-0.39, 0.29) is 0 Å². The number of nitrogens with one attached hydrogen (secondary N) is 1. The fraction of sp³-hybridized carbons (Fsp3) is 0.429. The molecular formula is C14H20N2O. The summed E-state index contributed by atoms with van der Waals surface area (Å²) in [5.41, 5.74) is 2.19. The van der Waals surface area contributed by atoms with Crippen LogP contribution < -0.4 is 5.32 Å². The molecule has 0 radical (unpaired) electrons. The molecule has 0 bridgehead atoms. The molecule has 0 saturated heterocycles. The van der Waals surface area contributed by atoms with Crippen LogP contribution in [0.1, 0.15) is 12.5 Å². The second-order valence-corrected chi connectivity index (χ2v) is 4.70. The van der Waals surface area contributed by atoms with E-state index in [1.807, 2.05) is 24.5 Å². The zero-order chi connectivity index (χ0) is 12.3. The van der Waals surface area contributed by atoms with Gasteiger partial charge >= 0.3 is 0 Å². The van der Waals surface area contributed by atoms with E-state index < -0.39 is 0 Å². The van der Waals surface area contributed by atoms with E-state index in [4.69, 9.17) is 4.42 Å². The third-order valence-electron chi connectivity index (χ3n) is 3.20. The van der Waals surface area contributed by atoms with Crippen LogP contribution >= 0.6 is 0 Å². The minimum absolute atomic E-state index is 0.535. The Kier molecular flexibility index (Phi) is 3.82. The Hall–Kier alpha value is -1.32. The molecule has 1 unspecified atom stereocenters. The van der Waals surface area contributed by atoms with Crippen LogP contribution in [0.5, 0.6) is 0 Å². The van der Waals surface area contributed by atoms with E-state index >= 15 is 0 Å². The molecule has 17 heavy (non-hydrogen) atoms. The highest BCUT2D eigenvalue weighted by molar-refractivity contribution is 5.80. The van der Waals surface area contributed by atoms with Crippen molar-refractivity contribution in [2.24, 2.45) is 0 Å². The molecule has 1 N–H and O–H groups in total. The average Bonchev–Trinajstić information content (AvgIpc) is 2.72. The SMILES string of the molecule is CC(CNCc1coc2ccccc12)N(C)C. The van der Waals surface area contributed by atoms with E-state index in [1.165, 1.54) is 10.9 Å². The van der Waals surface area contributed by atoms with Crippen LogP contribution in [0.25, 0.3) is 11.0 Å². The molecule has 0 spiro atoms. The number of rotatable bonds is 5. The minimum atomic E-state index is 0.535. The molecule has 0 aliphatic heterocycles. The van der Waals surface area contributed by atoms with Crippen molar-refractivity contribution in [2.45, 2.75) is 19.5 Å². The van der Waals surface area contributed by atoms with E-state index in [9.17, 15) is 0 Å². The van der Waals surface area contributed by atoms with Crippen LogP contribution in [0.3, 0.4) is 0 Å². The van der Waals surface area contributed by atoms with Crippen molar-refractivity contribution in [3.63, 3.8) is 0 Å². The van der Waals surface area contributed by atoms with Crippen LogP contribution in [0.2, 0.25) is 0 Å². The van der Waals surface area contributed by atoms with Gasteiger partial charge in [0.15, 0.2) is 0 Å². The van der Waals surface area contributed by atoms with Crippen LogP contribution in [0, 0.1) is 0 Å². The number of hydrogen-bond donors (Lipinski definition) is 1. The van der Waals surface area contributed by atoms with Crippen molar-refractivity contribution in [3.8, 4) is 0 Å². The second-order valence-electron chi connectivity index (χ2n) is 4.70. The van der Waals surface area contributed by atoms with Gasteiger partial charge in [0.05, 0.1) is 6.26 Å². The van der Waals surface area contributed by atoms with Crippen molar-refractivity contribution < 1.29 is 4.42 Å². The van der Waals surface area contributed by atoms with Gasteiger partial charge in [-0.3, -0.25) is 0 Å². The topological polar surface area (TPSA) is 28.4 Å². The molecule has 2 aromatic rings. The number of para-hydroxylation sites is 1. The maximum Gasteiger partial charge on any atom is 0.134 e. The monoisotopic (exact) mass is 232 g/mol. The molecule has 0 saturated carbocycles. The lowest BCUT2D eigenvalue weighted by Crippen LogP contribution is -2.35. The minimum Gasteiger partial charge on any atom is -0.464 e. The lowest BCUT2D eigenvalue weighted by molar-refractivity contribution is 0.302. The van der Waals surface area contributed by atoms with Gasteiger partial charge in [0.2, 0.25) is 0 Å². The summed E-state index contributed by atoms with van der Waals surface area (Å²) in [4.78, 5) is 2.21. The van der Waals surface area contributed by atoms with Crippen LogP contribution in [0.4, 0.5) is 0 Å². The third-order valence-corrected chi connectivity index (χ3v) is 3.20. The standard InChI is InChI=1S/C14H20N2O/c1-11(16(2)3)8-15-9-12-10-17-14-7-5-4-6-13(12)14/h4-7,10-11,15H,8-9H2,1-3H3. The van der Waals surface area contributed by atoms with E-state index in [0.29, 0.717) is 6.04 Å². The van der Waals surface area contributed by atoms with Gasteiger partial charge in [0, 0.05) is 30.1 Å². The summed E-state index contributed by atoms with van der Waals surface area (Å²) in [5, 5.41) is 4.67. The van der Waals surface area contributed by atoms with Gasteiger partial charge in [0.1, 0.15) is 5.58 Å². The summed E-state index contributed by atoms with van der Waals surface area (Å²) in [5.74, 6) is 0. The number of likely N-dealkylation sites (N-methyl/N-ethyl adjacent to an activating group) is 1. The number of hydrogen-bond acceptors (Lipinski definition) is 3. The first-order valence-corrected chi connectivity index (χ1v) is 6.00. The molecular weight excluding hydrogens is 212 g/mol. The molecule has 1 heterocycles. The molecule has 0 aliphatic carbocycles. The first kappa shape index (κ1) is 12.1. The summed E-state index contributed by atoms with van der Waals surface area (Å²) in [7, 11) is 4.19. The number of nitrogens with zero attached hydrogens (tertiary/aromatic N) is 1. The molecule has 3 nitrogen and oxygen atoms in total. The largest absolute Gasteiger partial charge is 0.464 e. The van der Waals surface area contributed by atoms with E-state index in [0.717, 1.165) is 18.7 Å². The van der Waals surface area contributed by atoms with E-state index in [1.54, 1.807) is 0 Å². The highest BCUT2D eigenvalue weighted by atomic mass is 16.3. The highest BCUT2D eigenvalue weighted by Gasteiger charge is 2.06. The van der Waals surface area contributed by atoms with Gasteiger partial charge < -0.3 is 14.6 Å². The maximum absolute atomic E-state index is 5.50. The van der Waals surface area contributed by atoms with Gasteiger partial charge in [-0.1, -0.05) is 18.2 Å². The first-order chi connectivity index (χ1) is 8.18. The summed E-state index contributed by atoms with van der Waals surface area (Å²) in [6.45, 7) is 4.04. The molecule has 1 aromatic carbocycles. The zero-order valence-electron chi connectivity index (χ0n) is 10.7. The molecule has 3 heteroatoms. The van der Waals surface area contributed by atoms with Gasteiger partial charge in [-0.2, -0.15) is 0 Å². The smallest absolute Gasteiger partial charge is 0.134 e. The molecule has 0 aliphatic rings. The van der Waals surface area contributed by atoms with Crippen molar-refractivity contribution in [3.05, 3.63) is 36.1 Å². The van der Waals surface area contributed by atoms with Crippen molar-refractivity contribution in [1.29, 1.82) is 0 Å². The maximum atomic E-state index is 5.50. The lowest BCUT2D eigenvalue weighted by Gasteiger charge is -2.19. The fourth-order valence-corrected chi connectivity index (χ4v) is 1.77. The molecule has 1 atom stereocenters. The van der Waals surface area contributed by atoms with E-state index in [2.05, 4.69) is 37.3 Å². The van der Waals surface area contributed by atoms with Crippen LogP contribution in [0.15, 0.2) is 34.9 Å². The predicted octanol–water partition coefficient (Wildman–Crippen LogP) is 2.47. The lowest BCUT2D eigenvalue weighted by atomic mass is 10.2. The summed E-state index contributed by atoms with van der Waals surface area (Å²) in [6, 6.07) is 8.68. The normalized spacial score (nSPS) is 13.4. The number of furan rings is 1. The molecule has 0 fully saturated rings. The van der Waals surface area contributed by atoms with Crippen LogP contribution in [-0.2, 0) is 6.54 Å². The summed E-state index contributed by atoms with van der Waals surface area (Å²) < 4.78 is 5.50. The quantitative estimate of drug-likeness (QED) is 0.858. The Morgan fingerprint density at radius 1 is 1.29 bits per heavy atom. The van der Waals surface area contributed by atoms with Gasteiger partial charge in [-0.15, -0.1) is 0 Å². The Labute approximate surface area is 102 Å². The highest BCUT2D eigenvalue weighted by Crippen LogP contribution is 2.20. The average molecular weight is 232 g/mol. The molecule has 2 rings (SSSR count).